The van der Waals surface area contributed by atoms with Crippen molar-refractivity contribution in [3.63, 3.8) is 0 Å². The van der Waals surface area contributed by atoms with Crippen molar-refractivity contribution in [2.24, 2.45) is 5.92 Å². The Labute approximate surface area is 134 Å². The third kappa shape index (κ3) is 28.7. The average molecular weight is 303 g/mol. The minimum absolute atomic E-state index is 0.363. The molecule has 0 heterocycles. The Bertz CT molecular complexity index is 150. The number of hydrogen-bond acceptors (Lipinski definition) is 2. The Morgan fingerprint density at radius 3 is 1.33 bits per heavy atom. The molecule has 0 saturated carbocycles. The number of aliphatic hydroxyl groups is 2. The highest BCUT2D eigenvalue weighted by atomic mass is 16.3. The van der Waals surface area contributed by atoms with Gasteiger partial charge in [0.05, 0.1) is 0 Å². The summed E-state index contributed by atoms with van der Waals surface area (Å²) in [5.74, 6) is 0.842. The van der Waals surface area contributed by atoms with Gasteiger partial charge in [-0.1, -0.05) is 91.4 Å². The molecule has 0 aromatic heterocycles. The summed E-state index contributed by atoms with van der Waals surface area (Å²) in [5.41, 5.74) is 0. The van der Waals surface area contributed by atoms with Crippen LogP contribution in [0, 0.1) is 5.92 Å². The molecule has 0 radical (unpaired) electrons. The first-order chi connectivity index (χ1) is 10.2. The smallest absolute Gasteiger partial charge is 0.0431 e. The van der Waals surface area contributed by atoms with Gasteiger partial charge in [0.2, 0.25) is 0 Å². The van der Waals surface area contributed by atoms with E-state index in [9.17, 15) is 0 Å². The lowest BCUT2D eigenvalue weighted by Gasteiger charge is -2.02. The Kier molecular flexibility index (Phi) is 24.5. The zero-order valence-corrected chi connectivity index (χ0v) is 15.1. The molecule has 0 unspecified atom stereocenters. The first-order valence-electron chi connectivity index (χ1n) is 9.40. The fourth-order valence-corrected chi connectivity index (χ4v) is 2.26. The van der Waals surface area contributed by atoms with Crippen molar-refractivity contribution in [1.29, 1.82) is 0 Å². The van der Waals surface area contributed by atoms with Gasteiger partial charge in [-0.05, 0) is 18.8 Å². The van der Waals surface area contributed by atoms with Gasteiger partial charge in [-0.2, -0.15) is 0 Å². The molecule has 0 amide bonds. The summed E-state index contributed by atoms with van der Waals surface area (Å²) in [7, 11) is 0. The number of rotatable bonds is 14. The second-order valence-corrected chi connectivity index (χ2v) is 6.52. The van der Waals surface area contributed by atoms with Gasteiger partial charge in [0, 0.05) is 13.2 Å². The minimum Gasteiger partial charge on any atom is -0.396 e. The van der Waals surface area contributed by atoms with Crippen LogP contribution in [-0.4, -0.2) is 23.4 Å². The van der Waals surface area contributed by atoms with Crippen LogP contribution in [0.3, 0.4) is 0 Å². The molecule has 2 nitrogen and oxygen atoms in total. The fourth-order valence-electron chi connectivity index (χ4n) is 2.26. The fraction of sp³-hybridized carbons (Fsp3) is 1.00. The van der Waals surface area contributed by atoms with E-state index in [0.717, 1.165) is 18.8 Å². The van der Waals surface area contributed by atoms with Crippen LogP contribution >= 0.6 is 0 Å². The average Bonchev–Trinajstić information content (AvgIpc) is 2.47. The van der Waals surface area contributed by atoms with Gasteiger partial charge in [0.15, 0.2) is 0 Å². The van der Waals surface area contributed by atoms with Crippen molar-refractivity contribution in [2.45, 2.75) is 104 Å². The second-order valence-electron chi connectivity index (χ2n) is 6.52. The van der Waals surface area contributed by atoms with Crippen molar-refractivity contribution in [3.8, 4) is 0 Å². The summed E-state index contributed by atoms with van der Waals surface area (Å²) in [4.78, 5) is 0. The van der Waals surface area contributed by atoms with Crippen LogP contribution in [0.15, 0.2) is 0 Å². The Morgan fingerprint density at radius 2 is 0.952 bits per heavy atom. The molecule has 0 aromatic carbocycles. The van der Waals surface area contributed by atoms with Crippen LogP contribution in [0.25, 0.3) is 0 Å². The highest BCUT2D eigenvalue weighted by Crippen LogP contribution is 2.09. The third-order valence-corrected chi connectivity index (χ3v) is 3.70. The predicted octanol–water partition coefficient (Wildman–Crippen LogP) is 5.70. The lowest BCUT2D eigenvalue weighted by atomic mass is 10.0. The van der Waals surface area contributed by atoms with Crippen molar-refractivity contribution >= 4 is 0 Å². The van der Waals surface area contributed by atoms with E-state index in [0.29, 0.717) is 13.2 Å². The maximum absolute atomic E-state index is 8.51. The maximum Gasteiger partial charge on any atom is 0.0431 e. The largest absolute Gasteiger partial charge is 0.396 e. The Hall–Kier alpha value is -0.0800. The van der Waals surface area contributed by atoms with E-state index < -0.39 is 0 Å². The van der Waals surface area contributed by atoms with Crippen LogP contribution in [-0.2, 0) is 0 Å². The molecule has 2 N–H and O–H groups in total. The van der Waals surface area contributed by atoms with Gasteiger partial charge in [-0.3, -0.25) is 0 Å². The Morgan fingerprint density at radius 1 is 0.571 bits per heavy atom. The van der Waals surface area contributed by atoms with E-state index in [1.54, 1.807) is 0 Å². The molecule has 130 valence electrons. The Balaban J connectivity index is 0. The topological polar surface area (TPSA) is 40.5 Å². The lowest BCUT2D eigenvalue weighted by molar-refractivity contribution is 0.281. The van der Waals surface area contributed by atoms with E-state index >= 15 is 0 Å². The predicted molar refractivity (Wildman–Crippen MR) is 94.7 cm³/mol. The van der Waals surface area contributed by atoms with E-state index in [1.807, 2.05) is 0 Å². The third-order valence-electron chi connectivity index (χ3n) is 3.70. The van der Waals surface area contributed by atoms with Gasteiger partial charge >= 0.3 is 0 Å². The van der Waals surface area contributed by atoms with Crippen molar-refractivity contribution in [3.05, 3.63) is 0 Å². The van der Waals surface area contributed by atoms with Gasteiger partial charge in [0.25, 0.3) is 0 Å². The summed E-state index contributed by atoms with van der Waals surface area (Å²) in [6.07, 6.45) is 16.5. The molecule has 0 atom stereocenters. The number of aliphatic hydroxyl groups excluding tert-OH is 2. The highest BCUT2D eigenvalue weighted by Gasteiger charge is 1.93. The van der Waals surface area contributed by atoms with E-state index in [1.165, 1.54) is 70.6 Å². The summed E-state index contributed by atoms with van der Waals surface area (Å²) >= 11 is 0. The molecule has 0 aliphatic heterocycles. The van der Waals surface area contributed by atoms with Crippen molar-refractivity contribution in [1.82, 2.24) is 0 Å². The molecule has 0 aromatic rings. The molecule has 2 heteroatoms. The van der Waals surface area contributed by atoms with E-state index in [4.69, 9.17) is 10.2 Å². The second kappa shape index (κ2) is 22.2. The molecule has 0 aliphatic rings. The summed E-state index contributed by atoms with van der Waals surface area (Å²) in [5, 5.41) is 17.0. The normalized spacial score (nSPS) is 10.6. The molecular weight excluding hydrogens is 260 g/mol. The quantitative estimate of drug-likeness (QED) is 0.404. The summed E-state index contributed by atoms with van der Waals surface area (Å²) in [6, 6.07) is 0. The van der Waals surface area contributed by atoms with Crippen molar-refractivity contribution < 1.29 is 10.2 Å². The number of hydrogen-bond donors (Lipinski definition) is 2. The van der Waals surface area contributed by atoms with Crippen LogP contribution in [0.4, 0.5) is 0 Å². The SMILES string of the molecule is CC(C)CCCCCCO.CCCCCCCCCCO. The highest BCUT2D eigenvalue weighted by molar-refractivity contribution is 4.47. The van der Waals surface area contributed by atoms with Gasteiger partial charge in [-0.25, -0.2) is 0 Å². The van der Waals surface area contributed by atoms with E-state index in [-0.39, 0.29) is 0 Å². The van der Waals surface area contributed by atoms with Crippen LogP contribution in [0.1, 0.15) is 104 Å². The maximum atomic E-state index is 8.51. The lowest BCUT2D eigenvalue weighted by Crippen LogP contribution is -1.88. The molecule has 0 bridgehead atoms. The molecule has 0 saturated heterocycles. The summed E-state index contributed by atoms with van der Waals surface area (Å²) < 4.78 is 0. The zero-order valence-electron chi connectivity index (χ0n) is 15.1. The monoisotopic (exact) mass is 302 g/mol. The first kappa shape index (κ1) is 23.2. The van der Waals surface area contributed by atoms with Gasteiger partial charge in [0.1, 0.15) is 0 Å². The first-order valence-corrected chi connectivity index (χ1v) is 9.40. The molecular formula is C19H42O2. The molecule has 0 aliphatic carbocycles. The van der Waals surface area contributed by atoms with Gasteiger partial charge in [-0.15, -0.1) is 0 Å². The van der Waals surface area contributed by atoms with Crippen LogP contribution in [0.2, 0.25) is 0 Å². The zero-order chi connectivity index (χ0) is 16.2. The van der Waals surface area contributed by atoms with Crippen molar-refractivity contribution in [2.75, 3.05) is 13.2 Å². The summed E-state index contributed by atoms with van der Waals surface area (Å²) in [6.45, 7) is 7.49. The van der Waals surface area contributed by atoms with Crippen LogP contribution in [0.5, 0.6) is 0 Å². The molecule has 0 fully saturated rings. The van der Waals surface area contributed by atoms with Gasteiger partial charge < -0.3 is 10.2 Å². The van der Waals surface area contributed by atoms with Crippen LogP contribution < -0.4 is 0 Å². The molecule has 0 spiro atoms. The van der Waals surface area contributed by atoms with E-state index in [2.05, 4.69) is 20.8 Å². The molecule has 0 rings (SSSR count). The minimum atomic E-state index is 0.363. The number of unbranched alkanes of at least 4 members (excludes halogenated alkanes) is 10. The molecule has 21 heavy (non-hydrogen) atoms. The standard InChI is InChI=1S/C10H22O.C9H20O/c1-2-3-4-5-6-7-8-9-10-11;1-9(2)7-5-3-4-6-8-10/h11H,2-10H2,1H3;9-10H,3-8H2,1-2H3.